The number of hydrogen-bond acceptors (Lipinski definition) is 7. The molecule has 0 aromatic carbocycles. The number of nitrogens with two attached hydrogens (primary N) is 1. The Balaban J connectivity index is 1.35. The summed E-state index contributed by atoms with van der Waals surface area (Å²) < 4.78 is 0.847. The van der Waals surface area contributed by atoms with E-state index in [-0.39, 0.29) is 46.9 Å². The molecule has 0 aliphatic carbocycles. The van der Waals surface area contributed by atoms with Crippen LogP contribution in [0.4, 0.5) is 4.79 Å². The number of fused-ring (bicyclic) bond motifs is 1. The van der Waals surface area contributed by atoms with E-state index in [9.17, 15) is 24.6 Å². The third-order valence-corrected chi connectivity index (χ3v) is 9.86. The molecule has 3 amide bonds. The number of urea groups is 1. The molecule has 0 aromatic heterocycles. The molecule has 0 spiro atoms. The molecule has 10 nitrogen and oxygen atoms in total. The molecule has 194 valence electrons. The highest BCUT2D eigenvalue weighted by Gasteiger charge is 2.59. The number of primary amides is 1. The van der Waals surface area contributed by atoms with Crippen LogP contribution >= 0.6 is 11.8 Å². The number of amides is 3. The second-order valence-electron chi connectivity index (χ2n) is 10.7. The van der Waals surface area contributed by atoms with E-state index < -0.39 is 18.0 Å². The lowest BCUT2D eigenvalue weighted by molar-refractivity contribution is -0.930. The van der Waals surface area contributed by atoms with Crippen LogP contribution in [0.2, 0.25) is 0 Å². The normalized spacial score (nSPS) is 38.1. The first-order valence-corrected chi connectivity index (χ1v) is 13.2. The van der Waals surface area contributed by atoms with Crippen LogP contribution in [-0.2, 0) is 9.59 Å². The number of rotatable bonds is 7. The number of nitrogens with one attached hydrogen (secondary N) is 1. The van der Waals surface area contributed by atoms with Gasteiger partial charge < -0.3 is 40.3 Å². The first-order chi connectivity index (χ1) is 16.4. The topological polar surface area (TPSA) is 139 Å². The van der Waals surface area contributed by atoms with Gasteiger partial charge in [0.05, 0.1) is 63.0 Å². The summed E-state index contributed by atoms with van der Waals surface area (Å²) in [5.41, 5.74) is 5.42. The van der Waals surface area contributed by atoms with E-state index in [1.54, 1.807) is 11.8 Å². The summed E-state index contributed by atoms with van der Waals surface area (Å²) in [4.78, 5) is 39.6. The van der Waals surface area contributed by atoms with Gasteiger partial charge in [-0.15, -0.1) is 11.8 Å². The van der Waals surface area contributed by atoms with E-state index in [1.165, 1.54) is 16.7 Å². The molecular formula is C24H37N5O5S. The van der Waals surface area contributed by atoms with Gasteiger partial charge in [0.25, 0.3) is 0 Å². The number of likely N-dealkylation sites (N-methyl/N-ethyl adjacent to an activating group) is 1. The van der Waals surface area contributed by atoms with E-state index in [1.807, 2.05) is 6.92 Å². The van der Waals surface area contributed by atoms with Gasteiger partial charge in [0.1, 0.15) is 6.04 Å². The maximum atomic E-state index is 12.5. The minimum absolute atomic E-state index is 0.0186. The van der Waals surface area contributed by atoms with Crippen molar-refractivity contribution in [1.29, 1.82) is 0 Å². The van der Waals surface area contributed by atoms with Gasteiger partial charge in [-0.05, 0) is 26.3 Å². The average Bonchev–Trinajstić information content (AvgIpc) is 3.31. The molecule has 2 unspecified atom stereocenters. The quantitative estimate of drug-likeness (QED) is 0.229. The molecule has 3 fully saturated rings. The lowest BCUT2D eigenvalue weighted by Crippen LogP contribution is -2.64. The van der Waals surface area contributed by atoms with Crippen LogP contribution < -0.4 is 16.2 Å². The number of aliphatic hydroxyl groups is 1. The van der Waals surface area contributed by atoms with Crippen molar-refractivity contribution in [2.24, 2.45) is 17.6 Å². The van der Waals surface area contributed by atoms with Crippen molar-refractivity contribution in [1.82, 2.24) is 15.1 Å². The van der Waals surface area contributed by atoms with E-state index in [2.05, 4.69) is 31.4 Å². The number of aliphatic carboxylic acids is 1. The van der Waals surface area contributed by atoms with Crippen molar-refractivity contribution in [2.75, 3.05) is 39.8 Å². The molecule has 11 heteroatoms. The molecule has 4 N–H and O–H groups in total. The summed E-state index contributed by atoms with van der Waals surface area (Å²) in [6, 6.07) is -0.196. The fourth-order valence-electron chi connectivity index (χ4n) is 5.93. The molecule has 3 saturated heterocycles. The number of carbonyl (C=O) groups excluding carboxylic acids is 3. The highest BCUT2D eigenvalue weighted by Crippen LogP contribution is 2.51. The van der Waals surface area contributed by atoms with Gasteiger partial charge in [0.15, 0.2) is 0 Å². The summed E-state index contributed by atoms with van der Waals surface area (Å²) >= 11 is 1.52. The molecule has 4 aliphatic rings. The number of β-lactam (4-membered cyclic amide) rings is 1. The lowest BCUT2D eigenvalue weighted by Gasteiger charge is -2.47. The summed E-state index contributed by atoms with van der Waals surface area (Å²) in [6.07, 6.45) is 4.42. The van der Waals surface area contributed by atoms with Crippen molar-refractivity contribution in [3.05, 3.63) is 22.8 Å². The first kappa shape index (κ1) is 26.0. The van der Waals surface area contributed by atoms with Crippen LogP contribution in [-0.4, -0.2) is 107 Å². The molecule has 0 aromatic rings. The number of carboxylic acid groups (broad SMARTS) is 1. The number of carboxylic acids is 1. The van der Waals surface area contributed by atoms with Crippen LogP contribution in [0.1, 0.15) is 27.2 Å². The van der Waals surface area contributed by atoms with Crippen LogP contribution in [0.5, 0.6) is 0 Å². The zero-order chi connectivity index (χ0) is 25.7. The zero-order valence-corrected chi connectivity index (χ0v) is 21.7. The fraction of sp³-hybridized carbons (Fsp3) is 0.708. The van der Waals surface area contributed by atoms with Crippen molar-refractivity contribution in [3.8, 4) is 0 Å². The minimum atomic E-state index is -1.33. The van der Waals surface area contributed by atoms with E-state index in [0.29, 0.717) is 18.0 Å². The smallest absolute Gasteiger partial charge is 0.315 e. The van der Waals surface area contributed by atoms with Gasteiger partial charge >= 0.3 is 6.03 Å². The van der Waals surface area contributed by atoms with Crippen molar-refractivity contribution in [2.45, 2.75) is 56.7 Å². The molecule has 0 radical (unpaired) electrons. The predicted octanol–water partition coefficient (Wildman–Crippen LogP) is -0.945. The standard InChI is InChI=1S/C24H37N5O5S/c1-13-12-27(24(25)34)7-9-29(13,4)8-5-6-16-10-17(11-26-16)35-21-14(2)19-18(15(3)30)22(31)28(19)20(21)23(32)33/h5-6,13-19,26,30H,7-12H2,1-4H3,(H2-,25,32,33,34)/b6-5-/t13?,14-,15-,16-,17+,18-,19-,29?/m1/s1. The highest BCUT2D eigenvalue weighted by molar-refractivity contribution is 8.03. The van der Waals surface area contributed by atoms with Gasteiger partial charge in [0.2, 0.25) is 5.91 Å². The molecule has 4 aliphatic heterocycles. The monoisotopic (exact) mass is 507 g/mol. The summed E-state index contributed by atoms with van der Waals surface area (Å²) in [5.74, 6) is -2.37. The Morgan fingerprint density at radius 2 is 2.11 bits per heavy atom. The second-order valence-corrected chi connectivity index (χ2v) is 12.0. The Labute approximate surface area is 210 Å². The maximum Gasteiger partial charge on any atom is 0.315 e. The maximum absolute atomic E-state index is 12.5. The van der Waals surface area contributed by atoms with Gasteiger partial charge in [0, 0.05) is 28.7 Å². The summed E-state index contributed by atoms with van der Waals surface area (Å²) in [7, 11) is 2.20. The SMILES string of the molecule is CC1CN(C(N)=O)CC[N+]1(C)C/C=C\[C@@H]1C[C@H](SC2=C(C(=O)[O-])N3C(=O)[C@H]([C@@H](C)O)[C@H]3[C@H]2C)CN1. The fourth-order valence-corrected chi connectivity index (χ4v) is 7.42. The predicted molar refractivity (Wildman–Crippen MR) is 130 cm³/mol. The molecule has 0 bridgehead atoms. The Kier molecular flexibility index (Phi) is 7.25. The number of hydrogen-bond donors (Lipinski definition) is 3. The Morgan fingerprint density at radius 3 is 2.71 bits per heavy atom. The third-order valence-electron chi connectivity index (χ3n) is 8.35. The number of quaternary nitrogens is 1. The Morgan fingerprint density at radius 1 is 1.40 bits per heavy atom. The van der Waals surface area contributed by atoms with Gasteiger partial charge in [-0.3, -0.25) is 4.79 Å². The third kappa shape index (κ3) is 4.71. The zero-order valence-electron chi connectivity index (χ0n) is 20.8. The molecule has 35 heavy (non-hydrogen) atoms. The molecular weight excluding hydrogens is 470 g/mol. The number of piperazine rings is 1. The van der Waals surface area contributed by atoms with Gasteiger partial charge in [-0.25, -0.2) is 4.79 Å². The molecule has 4 rings (SSSR count). The Bertz CT molecular complexity index is 955. The number of aliphatic hydroxyl groups excluding tert-OH is 1. The van der Waals surface area contributed by atoms with Crippen molar-refractivity contribution in [3.63, 3.8) is 0 Å². The van der Waals surface area contributed by atoms with Crippen molar-refractivity contribution >= 4 is 29.7 Å². The summed E-state index contributed by atoms with van der Waals surface area (Å²) in [5, 5.41) is 25.6. The van der Waals surface area contributed by atoms with Gasteiger partial charge in [-0.1, -0.05) is 13.0 Å². The van der Waals surface area contributed by atoms with Gasteiger partial charge in [-0.2, -0.15) is 0 Å². The highest BCUT2D eigenvalue weighted by atomic mass is 32.2. The molecule has 8 atom stereocenters. The van der Waals surface area contributed by atoms with Crippen LogP contribution in [0.3, 0.4) is 0 Å². The number of nitrogens with zero attached hydrogens (tertiary/aromatic N) is 3. The largest absolute Gasteiger partial charge is 0.543 e. The van der Waals surface area contributed by atoms with Crippen LogP contribution in [0.15, 0.2) is 22.8 Å². The average molecular weight is 508 g/mol. The number of carbonyl (C=O) groups is 3. The second kappa shape index (κ2) is 9.76. The lowest BCUT2D eigenvalue weighted by atomic mass is 9.79. The first-order valence-electron chi connectivity index (χ1n) is 12.4. The van der Waals surface area contributed by atoms with Crippen LogP contribution in [0, 0.1) is 11.8 Å². The minimum Gasteiger partial charge on any atom is -0.543 e. The summed E-state index contributed by atoms with van der Waals surface area (Å²) in [6.45, 7) is 9.43. The van der Waals surface area contributed by atoms with E-state index in [4.69, 9.17) is 5.73 Å². The van der Waals surface area contributed by atoms with E-state index in [0.717, 1.165) is 30.5 Å². The Hall–Kier alpha value is -2.08. The molecule has 4 heterocycles. The van der Waals surface area contributed by atoms with E-state index >= 15 is 0 Å². The number of thioether (sulfide) groups is 1. The molecule has 0 saturated carbocycles. The van der Waals surface area contributed by atoms with Crippen LogP contribution in [0.25, 0.3) is 0 Å². The van der Waals surface area contributed by atoms with Crippen molar-refractivity contribution < 1.29 is 29.1 Å².